The smallest absolute Gasteiger partial charge is 0.227 e. The molecule has 0 bridgehead atoms. The Hall–Kier alpha value is -2.70. The summed E-state index contributed by atoms with van der Waals surface area (Å²) < 4.78 is 15.4. The average molecular weight is 398 g/mol. The monoisotopic (exact) mass is 398 g/mol. The maximum Gasteiger partial charge on any atom is 0.227 e. The fourth-order valence-corrected chi connectivity index (χ4v) is 4.71. The van der Waals surface area contributed by atoms with Crippen molar-refractivity contribution in [2.45, 2.75) is 45.4 Å². The second kappa shape index (κ2) is 7.61. The first-order valence-electron chi connectivity index (χ1n) is 10.3. The number of aromatic nitrogens is 2. The van der Waals surface area contributed by atoms with Crippen LogP contribution in [0.15, 0.2) is 18.3 Å². The zero-order valence-corrected chi connectivity index (χ0v) is 17.2. The number of carbonyl (C=O) groups excluding carboxylic acids is 2. The molecule has 7 heteroatoms. The number of aromatic amines is 1. The van der Waals surface area contributed by atoms with Crippen LogP contribution < -0.4 is 4.90 Å². The molecule has 1 N–H and O–H groups in total. The number of halogens is 1. The molecule has 2 aromatic rings. The Bertz CT molecular complexity index is 946. The summed E-state index contributed by atoms with van der Waals surface area (Å²) in [5.41, 5.74) is 3.36. The molecule has 4 rings (SSSR count). The fourth-order valence-electron chi connectivity index (χ4n) is 4.71. The molecule has 1 saturated heterocycles. The summed E-state index contributed by atoms with van der Waals surface area (Å²) in [6, 6.07) is 3.55. The molecule has 1 unspecified atom stereocenters. The van der Waals surface area contributed by atoms with Crippen molar-refractivity contribution in [1.82, 2.24) is 15.1 Å². The van der Waals surface area contributed by atoms with Gasteiger partial charge in [-0.25, -0.2) is 4.39 Å². The van der Waals surface area contributed by atoms with Crippen molar-refractivity contribution in [1.29, 1.82) is 0 Å². The first-order chi connectivity index (χ1) is 13.9. The molecule has 0 radical (unpaired) electrons. The quantitative estimate of drug-likeness (QED) is 0.861. The number of carbonyl (C=O) groups is 2. The van der Waals surface area contributed by atoms with E-state index in [1.54, 1.807) is 20.0 Å². The third-order valence-electron chi connectivity index (χ3n) is 6.65. The maximum atomic E-state index is 15.4. The van der Waals surface area contributed by atoms with Crippen LogP contribution in [0.3, 0.4) is 0 Å². The number of H-pyrrole nitrogens is 1. The fraction of sp³-hybridized carbons (Fsp3) is 0.500. The van der Waals surface area contributed by atoms with Gasteiger partial charge in [-0.05, 0) is 43.2 Å². The minimum atomic E-state index is -0.284. The number of anilines is 1. The molecule has 1 atom stereocenters. The molecule has 1 aromatic carbocycles. The summed E-state index contributed by atoms with van der Waals surface area (Å²) in [6.07, 6.45) is 4.47. The summed E-state index contributed by atoms with van der Waals surface area (Å²) in [5, 5.41) is 7.30. The Kier molecular flexibility index (Phi) is 5.15. The topological polar surface area (TPSA) is 69.3 Å². The van der Waals surface area contributed by atoms with Gasteiger partial charge in [-0.15, -0.1) is 0 Å². The number of fused-ring (bicyclic) bond motifs is 1. The third kappa shape index (κ3) is 3.43. The molecule has 0 saturated carbocycles. The van der Waals surface area contributed by atoms with E-state index in [1.165, 1.54) is 4.90 Å². The first-order valence-corrected chi connectivity index (χ1v) is 10.3. The Morgan fingerprint density at radius 2 is 2.00 bits per heavy atom. The molecule has 154 valence electrons. The van der Waals surface area contributed by atoms with Gasteiger partial charge in [0.15, 0.2) is 0 Å². The number of nitrogens with zero attached hydrogens (tertiary/aromatic N) is 3. The molecule has 29 heavy (non-hydrogen) atoms. The second-order valence-corrected chi connectivity index (χ2v) is 8.20. The highest BCUT2D eigenvalue weighted by molar-refractivity contribution is 5.96. The largest absolute Gasteiger partial charge is 0.343 e. The van der Waals surface area contributed by atoms with Gasteiger partial charge in [-0.3, -0.25) is 14.7 Å². The van der Waals surface area contributed by atoms with Crippen LogP contribution in [-0.2, 0) is 16.0 Å². The van der Waals surface area contributed by atoms with Crippen molar-refractivity contribution in [2.24, 2.45) is 5.92 Å². The Labute approximate surface area is 170 Å². The van der Waals surface area contributed by atoms with Gasteiger partial charge in [-0.1, -0.05) is 6.92 Å². The molecular formula is C22H27FN4O2. The van der Waals surface area contributed by atoms with E-state index < -0.39 is 0 Å². The number of benzene rings is 1. The van der Waals surface area contributed by atoms with E-state index in [0.29, 0.717) is 41.3 Å². The number of rotatable bonds is 3. The SMILES string of the molecule is CC(=O)N1CCC(C(C)c2c[nH]nc2-c2ccc3c(c2F)CCC(=O)N3C)CC1. The van der Waals surface area contributed by atoms with Gasteiger partial charge >= 0.3 is 0 Å². The number of piperidine rings is 1. The number of hydrogen-bond donors (Lipinski definition) is 1. The molecule has 0 spiro atoms. The predicted molar refractivity (Wildman–Crippen MR) is 109 cm³/mol. The molecule has 1 aromatic heterocycles. The molecule has 2 aliphatic heterocycles. The van der Waals surface area contributed by atoms with Crippen molar-refractivity contribution in [3.05, 3.63) is 35.3 Å². The summed E-state index contributed by atoms with van der Waals surface area (Å²) in [4.78, 5) is 26.9. The van der Waals surface area contributed by atoms with Gasteiger partial charge in [0.2, 0.25) is 11.8 Å². The lowest BCUT2D eigenvalue weighted by molar-refractivity contribution is -0.130. The van der Waals surface area contributed by atoms with Crippen molar-refractivity contribution in [2.75, 3.05) is 25.0 Å². The normalized spacial score (nSPS) is 18.7. The highest BCUT2D eigenvalue weighted by atomic mass is 19.1. The molecule has 3 heterocycles. The van der Waals surface area contributed by atoms with Crippen LogP contribution >= 0.6 is 0 Å². The van der Waals surface area contributed by atoms with Gasteiger partial charge in [0.1, 0.15) is 5.82 Å². The molecule has 0 aliphatic carbocycles. The van der Waals surface area contributed by atoms with E-state index >= 15 is 4.39 Å². The Morgan fingerprint density at radius 3 is 2.69 bits per heavy atom. The van der Waals surface area contributed by atoms with Crippen LogP contribution in [-0.4, -0.2) is 47.0 Å². The minimum absolute atomic E-state index is 0.00985. The molecule has 6 nitrogen and oxygen atoms in total. The minimum Gasteiger partial charge on any atom is -0.343 e. The lowest BCUT2D eigenvalue weighted by Gasteiger charge is -2.34. The third-order valence-corrected chi connectivity index (χ3v) is 6.65. The van der Waals surface area contributed by atoms with Gasteiger partial charge in [-0.2, -0.15) is 5.10 Å². The first kappa shape index (κ1) is 19.6. The highest BCUT2D eigenvalue weighted by Gasteiger charge is 2.30. The lowest BCUT2D eigenvalue weighted by atomic mass is 9.80. The average Bonchev–Trinajstić information content (AvgIpc) is 3.20. The van der Waals surface area contributed by atoms with Crippen LogP contribution in [0, 0.1) is 11.7 Å². The van der Waals surface area contributed by atoms with Gasteiger partial charge < -0.3 is 9.80 Å². The van der Waals surface area contributed by atoms with Crippen LogP contribution in [0.2, 0.25) is 0 Å². The van der Waals surface area contributed by atoms with Crippen molar-refractivity contribution in [3.63, 3.8) is 0 Å². The summed E-state index contributed by atoms with van der Waals surface area (Å²) in [7, 11) is 1.69. The van der Waals surface area contributed by atoms with E-state index in [0.717, 1.165) is 31.5 Å². The van der Waals surface area contributed by atoms with Crippen molar-refractivity contribution >= 4 is 17.5 Å². The van der Waals surface area contributed by atoms with Crippen LogP contribution in [0.25, 0.3) is 11.3 Å². The van der Waals surface area contributed by atoms with E-state index in [1.807, 2.05) is 17.2 Å². The van der Waals surface area contributed by atoms with Gasteiger partial charge in [0.05, 0.1) is 5.69 Å². The van der Waals surface area contributed by atoms with E-state index in [4.69, 9.17) is 0 Å². The molecule has 2 amide bonds. The molecule has 2 aliphatic rings. The van der Waals surface area contributed by atoms with E-state index in [2.05, 4.69) is 17.1 Å². The zero-order valence-electron chi connectivity index (χ0n) is 17.2. The molecule has 1 fully saturated rings. The van der Waals surface area contributed by atoms with E-state index in [-0.39, 0.29) is 23.5 Å². The highest BCUT2D eigenvalue weighted by Crippen LogP contribution is 2.40. The second-order valence-electron chi connectivity index (χ2n) is 8.20. The van der Waals surface area contributed by atoms with Gasteiger partial charge in [0.25, 0.3) is 0 Å². The van der Waals surface area contributed by atoms with Gasteiger partial charge in [0, 0.05) is 62.1 Å². The number of nitrogens with one attached hydrogen (secondary N) is 1. The van der Waals surface area contributed by atoms with Crippen molar-refractivity contribution in [3.8, 4) is 11.3 Å². The standard InChI is InChI=1S/C22H27FN4O2/c1-13(15-8-10-27(11-9-15)14(2)28)18-12-24-25-22(18)17-4-6-19-16(21(17)23)5-7-20(29)26(19)3/h4,6,12-13,15H,5,7-11H2,1-3H3,(H,24,25). The zero-order chi connectivity index (χ0) is 20.7. The summed E-state index contributed by atoms with van der Waals surface area (Å²) in [5.74, 6) is 0.480. The van der Waals surface area contributed by atoms with Crippen molar-refractivity contribution < 1.29 is 14.0 Å². The predicted octanol–water partition coefficient (Wildman–Crippen LogP) is 3.49. The summed E-state index contributed by atoms with van der Waals surface area (Å²) >= 11 is 0. The maximum absolute atomic E-state index is 15.4. The number of amides is 2. The van der Waals surface area contributed by atoms with Crippen LogP contribution in [0.5, 0.6) is 0 Å². The summed E-state index contributed by atoms with van der Waals surface area (Å²) in [6.45, 7) is 5.31. The molecular weight excluding hydrogens is 371 g/mol. The Morgan fingerprint density at radius 1 is 1.28 bits per heavy atom. The lowest BCUT2D eigenvalue weighted by Crippen LogP contribution is -2.38. The van der Waals surface area contributed by atoms with E-state index in [9.17, 15) is 9.59 Å². The van der Waals surface area contributed by atoms with Crippen LogP contribution in [0.4, 0.5) is 10.1 Å². The number of likely N-dealkylation sites (tertiary alicyclic amines) is 1. The Balaban J connectivity index is 1.62. The van der Waals surface area contributed by atoms with Crippen LogP contribution in [0.1, 0.15) is 50.2 Å². The number of hydrogen-bond acceptors (Lipinski definition) is 3.